The van der Waals surface area contributed by atoms with Gasteiger partial charge in [0, 0.05) is 25.9 Å². The predicted octanol–water partition coefficient (Wildman–Crippen LogP) is 1.75. The van der Waals surface area contributed by atoms with Crippen LogP contribution >= 0.6 is 0 Å². The van der Waals surface area contributed by atoms with E-state index >= 15 is 0 Å². The van der Waals surface area contributed by atoms with E-state index in [0.29, 0.717) is 32.0 Å². The molecule has 1 atom stereocenters. The maximum atomic E-state index is 5.80. The fourth-order valence-corrected chi connectivity index (χ4v) is 3.71. The predicted molar refractivity (Wildman–Crippen MR) is 77.7 cm³/mol. The highest BCUT2D eigenvalue weighted by Gasteiger charge is 2.43. The summed E-state index contributed by atoms with van der Waals surface area (Å²) in [4.78, 5) is 0. The van der Waals surface area contributed by atoms with Gasteiger partial charge in [0.15, 0.2) is 0 Å². The Kier molecular flexibility index (Phi) is 10.4. The lowest BCUT2D eigenvalue weighted by Crippen LogP contribution is -2.47. The number of ether oxygens (including phenoxy) is 4. The molecule has 0 aromatic carbocycles. The van der Waals surface area contributed by atoms with Crippen LogP contribution in [0.4, 0.5) is 0 Å². The molecule has 0 amide bonds. The fraction of sp³-hybridized carbons (Fsp3) is 1.00. The van der Waals surface area contributed by atoms with Gasteiger partial charge in [-0.1, -0.05) is 0 Å². The maximum Gasteiger partial charge on any atom is 0.506 e. The topological polar surface area (TPSA) is 67.9 Å². The third-order valence-corrected chi connectivity index (χ3v) is 5.45. The second-order valence-electron chi connectivity index (χ2n) is 4.44. The van der Waals surface area contributed by atoms with Crippen LogP contribution in [0.1, 0.15) is 27.2 Å². The van der Waals surface area contributed by atoms with Gasteiger partial charge in [0.25, 0.3) is 0 Å². The van der Waals surface area contributed by atoms with E-state index in [-0.39, 0.29) is 20.4 Å². The molecule has 0 bridgehead atoms. The van der Waals surface area contributed by atoms with Gasteiger partial charge in [-0.05, 0) is 27.2 Å². The molecule has 1 aliphatic rings. The van der Waals surface area contributed by atoms with Gasteiger partial charge >= 0.3 is 8.80 Å². The second kappa shape index (κ2) is 11.5. The zero-order valence-corrected chi connectivity index (χ0v) is 14.3. The van der Waals surface area contributed by atoms with Gasteiger partial charge in [0.05, 0.1) is 12.7 Å². The van der Waals surface area contributed by atoms with Crippen LogP contribution in [0.3, 0.4) is 0 Å². The summed E-state index contributed by atoms with van der Waals surface area (Å²) >= 11 is 0. The highest BCUT2D eigenvalue weighted by atomic mass is 28.4. The first-order chi connectivity index (χ1) is 10.3. The molecule has 7 nitrogen and oxygen atoms in total. The van der Waals surface area contributed by atoms with E-state index in [2.05, 4.69) is 0 Å². The van der Waals surface area contributed by atoms with Crippen LogP contribution in [-0.4, -0.2) is 61.7 Å². The minimum atomic E-state index is -2.89. The van der Waals surface area contributed by atoms with Crippen molar-refractivity contribution in [2.24, 2.45) is 0 Å². The van der Waals surface area contributed by atoms with Gasteiger partial charge in [0.2, 0.25) is 0 Å². The van der Waals surface area contributed by atoms with Crippen LogP contribution in [0.2, 0.25) is 6.04 Å². The number of rotatable bonds is 15. The van der Waals surface area contributed by atoms with Crippen molar-refractivity contribution in [2.75, 3.05) is 46.8 Å². The molecule has 0 spiro atoms. The molecule has 0 aromatic rings. The second-order valence-corrected chi connectivity index (χ2v) is 7.17. The van der Waals surface area contributed by atoms with Crippen LogP contribution in [0.5, 0.6) is 0 Å². The Labute approximate surface area is 128 Å². The Morgan fingerprint density at radius 3 is 1.62 bits per heavy atom. The van der Waals surface area contributed by atoms with E-state index in [1.54, 1.807) is 0 Å². The first-order valence-electron chi connectivity index (χ1n) is 7.53. The van der Waals surface area contributed by atoms with Crippen LogP contribution in [-0.2, 0) is 32.2 Å². The summed E-state index contributed by atoms with van der Waals surface area (Å²) < 4.78 is 38.4. The van der Waals surface area contributed by atoms with Crippen molar-refractivity contribution in [3.05, 3.63) is 0 Å². The summed E-state index contributed by atoms with van der Waals surface area (Å²) in [5.74, 6) is 0. The van der Waals surface area contributed by atoms with Crippen molar-refractivity contribution in [3.8, 4) is 0 Å². The Morgan fingerprint density at radius 1 is 0.857 bits per heavy atom. The molecule has 0 saturated carbocycles. The van der Waals surface area contributed by atoms with E-state index in [9.17, 15) is 0 Å². The van der Waals surface area contributed by atoms with E-state index < -0.39 is 8.80 Å². The molecule has 1 aliphatic heterocycles. The lowest BCUT2D eigenvalue weighted by molar-refractivity contribution is -0.100. The quantitative estimate of drug-likeness (QED) is 0.197. The molecule has 0 aromatic heterocycles. The molecular weight excluding hydrogens is 296 g/mol. The number of hydrogen-bond acceptors (Lipinski definition) is 7. The van der Waals surface area contributed by atoms with E-state index in [1.807, 2.05) is 20.8 Å². The molecule has 21 heavy (non-hydrogen) atoms. The monoisotopic (exact) mass is 324 g/mol. The minimum Gasteiger partial charge on any atom is -0.373 e. The summed E-state index contributed by atoms with van der Waals surface area (Å²) in [6.45, 7) is 8.69. The molecule has 1 unspecified atom stereocenters. The fourth-order valence-electron chi connectivity index (χ4n) is 1.56. The lowest BCUT2D eigenvalue weighted by atomic mass is 10.4. The van der Waals surface area contributed by atoms with Crippen molar-refractivity contribution < 1.29 is 32.2 Å². The standard InChI is InChI=1S/C13H28O7Si/c1-4-14-10-18-21(19-11-15-5-2,20-12-16-6-3)8-7-13-9-17-13/h13H,4-12H2,1-3H3. The third-order valence-electron chi connectivity index (χ3n) is 2.87. The van der Waals surface area contributed by atoms with E-state index in [0.717, 1.165) is 13.0 Å². The van der Waals surface area contributed by atoms with Crippen LogP contribution in [0, 0.1) is 0 Å². The minimum absolute atomic E-state index is 0.145. The molecule has 0 N–H and O–H groups in total. The molecule has 1 heterocycles. The van der Waals surface area contributed by atoms with Gasteiger partial charge < -0.3 is 32.2 Å². The molecule has 0 radical (unpaired) electrons. The van der Waals surface area contributed by atoms with Crippen LogP contribution in [0.25, 0.3) is 0 Å². The van der Waals surface area contributed by atoms with Crippen molar-refractivity contribution in [1.29, 1.82) is 0 Å². The van der Waals surface area contributed by atoms with Gasteiger partial charge in [-0.2, -0.15) is 0 Å². The van der Waals surface area contributed by atoms with Crippen LogP contribution < -0.4 is 0 Å². The molecule has 1 saturated heterocycles. The van der Waals surface area contributed by atoms with Gasteiger partial charge in [-0.3, -0.25) is 0 Å². The Hall–Kier alpha value is -0.0631. The summed E-state index contributed by atoms with van der Waals surface area (Å²) in [7, 11) is -2.89. The molecule has 8 heteroatoms. The van der Waals surface area contributed by atoms with Crippen molar-refractivity contribution in [1.82, 2.24) is 0 Å². The zero-order valence-electron chi connectivity index (χ0n) is 13.3. The van der Waals surface area contributed by atoms with Crippen molar-refractivity contribution in [2.45, 2.75) is 39.3 Å². The average Bonchev–Trinajstić information content (AvgIpc) is 3.30. The molecule has 0 aliphatic carbocycles. The van der Waals surface area contributed by atoms with Gasteiger partial charge in [0.1, 0.15) is 20.4 Å². The van der Waals surface area contributed by atoms with Crippen molar-refractivity contribution in [3.63, 3.8) is 0 Å². The summed E-state index contributed by atoms with van der Waals surface area (Å²) in [5.41, 5.74) is 0. The largest absolute Gasteiger partial charge is 0.506 e. The number of epoxide rings is 1. The van der Waals surface area contributed by atoms with Gasteiger partial charge in [-0.15, -0.1) is 0 Å². The van der Waals surface area contributed by atoms with Crippen molar-refractivity contribution >= 4 is 8.80 Å². The highest BCUT2D eigenvalue weighted by Crippen LogP contribution is 2.24. The number of hydrogen-bond donors (Lipinski definition) is 0. The molecule has 126 valence electrons. The van der Waals surface area contributed by atoms with E-state index in [4.69, 9.17) is 32.2 Å². The summed E-state index contributed by atoms with van der Waals surface area (Å²) in [6.07, 6.45) is 1.13. The Bertz CT molecular complexity index is 224. The SMILES string of the molecule is CCOCO[Si](CCC1CO1)(OCOCC)OCOCC. The zero-order chi connectivity index (χ0) is 15.4. The van der Waals surface area contributed by atoms with E-state index in [1.165, 1.54) is 0 Å². The first kappa shape index (κ1) is 19.0. The third kappa shape index (κ3) is 8.84. The molecule has 1 fully saturated rings. The Morgan fingerprint density at radius 2 is 1.29 bits per heavy atom. The normalized spacial score (nSPS) is 18.1. The lowest BCUT2D eigenvalue weighted by Gasteiger charge is -2.29. The van der Waals surface area contributed by atoms with Gasteiger partial charge in [-0.25, -0.2) is 0 Å². The Balaban J connectivity index is 2.51. The molecular formula is C13H28O7Si. The average molecular weight is 324 g/mol. The highest BCUT2D eigenvalue weighted by molar-refractivity contribution is 6.60. The van der Waals surface area contributed by atoms with Crippen LogP contribution in [0.15, 0.2) is 0 Å². The first-order valence-corrected chi connectivity index (χ1v) is 9.46. The summed E-state index contributed by atoms with van der Waals surface area (Å²) in [5, 5.41) is 0. The maximum absolute atomic E-state index is 5.80. The summed E-state index contributed by atoms with van der Waals surface area (Å²) in [6, 6.07) is 0.658. The molecule has 1 rings (SSSR count). The smallest absolute Gasteiger partial charge is 0.373 e.